The number of amides is 1. The number of aryl methyl sites for hydroxylation is 2. The molecule has 4 aromatic rings. The zero-order valence-electron chi connectivity index (χ0n) is 17.1. The topological polar surface area (TPSA) is 69.0 Å². The zero-order valence-corrected chi connectivity index (χ0v) is 17.9. The summed E-state index contributed by atoms with van der Waals surface area (Å²) >= 11 is 1.53. The molecule has 1 aliphatic heterocycles. The third-order valence-electron chi connectivity index (χ3n) is 5.42. The van der Waals surface area contributed by atoms with Crippen LogP contribution < -0.4 is 10.1 Å². The van der Waals surface area contributed by atoms with E-state index in [1.54, 1.807) is 4.68 Å². The van der Waals surface area contributed by atoms with Crippen LogP contribution in [-0.2, 0) is 4.79 Å². The standard InChI is InChI=1S/C23H22N4O2S/c1-4-29-16-9-10-18-19(11-16)30-23(24-18)27-22-21(14(3)26-27)17(12-20(28)25-22)15-7-5-13(2)6-8-15/h5-11,17H,4,12H2,1-3H3,(H,25,28). The molecule has 1 N–H and O–H groups in total. The molecule has 1 amide bonds. The lowest BCUT2D eigenvalue weighted by Gasteiger charge is -2.24. The van der Waals surface area contributed by atoms with Crippen molar-refractivity contribution in [3.8, 4) is 10.9 Å². The molecule has 0 saturated heterocycles. The fraction of sp³-hybridized carbons (Fsp3) is 0.261. The minimum absolute atomic E-state index is 0.00559. The predicted octanol–water partition coefficient (Wildman–Crippen LogP) is 4.97. The number of benzene rings is 2. The number of carbonyl (C=O) groups is 1. The number of rotatable bonds is 4. The molecule has 0 bridgehead atoms. The molecule has 0 fully saturated rings. The van der Waals surface area contributed by atoms with Gasteiger partial charge in [-0.25, -0.2) is 4.98 Å². The van der Waals surface area contributed by atoms with Crippen molar-refractivity contribution >= 4 is 33.3 Å². The van der Waals surface area contributed by atoms with Gasteiger partial charge in [0, 0.05) is 17.9 Å². The van der Waals surface area contributed by atoms with E-state index in [1.165, 1.54) is 16.9 Å². The van der Waals surface area contributed by atoms with E-state index in [2.05, 4.69) is 36.5 Å². The van der Waals surface area contributed by atoms with Crippen molar-refractivity contribution in [2.45, 2.75) is 33.1 Å². The average molecular weight is 419 g/mol. The number of ether oxygens (including phenoxy) is 1. The lowest BCUT2D eigenvalue weighted by molar-refractivity contribution is -0.116. The van der Waals surface area contributed by atoms with Crippen LogP contribution in [-0.4, -0.2) is 27.3 Å². The molecule has 7 heteroatoms. The Kier molecular flexibility index (Phi) is 4.55. The summed E-state index contributed by atoms with van der Waals surface area (Å²) < 4.78 is 8.40. The molecule has 30 heavy (non-hydrogen) atoms. The van der Waals surface area contributed by atoms with Crippen molar-refractivity contribution in [2.24, 2.45) is 0 Å². The van der Waals surface area contributed by atoms with E-state index in [-0.39, 0.29) is 11.8 Å². The van der Waals surface area contributed by atoms with Crippen molar-refractivity contribution in [1.82, 2.24) is 14.8 Å². The second-order valence-electron chi connectivity index (χ2n) is 7.53. The van der Waals surface area contributed by atoms with Crippen LogP contribution in [0.5, 0.6) is 5.75 Å². The van der Waals surface area contributed by atoms with Crippen molar-refractivity contribution in [1.29, 1.82) is 0 Å². The van der Waals surface area contributed by atoms with Crippen LogP contribution in [0.4, 0.5) is 5.82 Å². The fourth-order valence-corrected chi connectivity index (χ4v) is 4.96. The number of nitrogens with one attached hydrogen (secondary N) is 1. The van der Waals surface area contributed by atoms with Gasteiger partial charge in [0.05, 0.1) is 22.5 Å². The molecule has 1 atom stereocenters. The maximum atomic E-state index is 12.6. The molecule has 6 nitrogen and oxygen atoms in total. The summed E-state index contributed by atoms with van der Waals surface area (Å²) in [6.07, 6.45) is 0.417. The molecular weight excluding hydrogens is 396 g/mol. The van der Waals surface area contributed by atoms with Gasteiger partial charge in [-0.1, -0.05) is 41.2 Å². The van der Waals surface area contributed by atoms with Crippen LogP contribution in [0.25, 0.3) is 15.3 Å². The highest BCUT2D eigenvalue weighted by Crippen LogP contribution is 2.41. The largest absolute Gasteiger partial charge is 0.494 e. The van der Waals surface area contributed by atoms with Gasteiger partial charge in [-0.15, -0.1) is 0 Å². The summed E-state index contributed by atoms with van der Waals surface area (Å²) in [6, 6.07) is 14.3. The Morgan fingerprint density at radius 1 is 1.20 bits per heavy atom. The molecule has 0 radical (unpaired) electrons. The Labute approximate surface area is 178 Å². The summed E-state index contributed by atoms with van der Waals surface area (Å²) in [5.74, 6) is 1.53. The second kappa shape index (κ2) is 7.25. The minimum atomic E-state index is -0.0120. The van der Waals surface area contributed by atoms with Gasteiger partial charge in [0.1, 0.15) is 11.6 Å². The molecule has 0 saturated carbocycles. The Bertz CT molecular complexity index is 1260. The van der Waals surface area contributed by atoms with Crippen molar-refractivity contribution in [3.05, 3.63) is 64.8 Å². The van der Waals surface area contributed by atoms with Gasteiger partial charge in [-0.3, -0.25) is 4.79 Å². The first-order chi connectivity index (χ1) is 14.5. The monoisotopic (exact) mass is 418 g/mol. The maximum absolute atomic E-state index is 12.6. The van der Waals surface area contributed by atoms with Crippen LogP contribution >= 0.6 is 11.3 Å². The van der Waals surface area contributed by atoms with Gasteiger partial charge in [0.25, 0.3) is 0 Å². The summed E-state index contributed by atoms with van der Waals surface area (Å²) in [5.41, 5.74) is 5.19. The Hall–Kier alpha value is -3.19. The molecule has 0 spiro atoms. The minimum Gasteiger partial charge on any atom is -0.494 e. The first-order valence-corrected chi connectivity index (χ1v) is 10.8. The van der Waals surface area contributed by atoms with E-state index in [0.717, 1.165) is 43.7 Å². The average Bonchev–Trinajstić information content (AvgIpc) is 3.29. The van der Waals surface area contributed by atoms with E-state index in [9.17, 15) is 4.79 Å². The number of hydrogen-bond acceptors (Lipinski definition) is 5. The maximum Gasteiger partial charge on any atom is 0.226 e. The van der Waals surface area contributed by atoms with Gasteiger partial charge in [-0.2, -0.15) is 9.78 Å². The van der Waals surface area contributed by atoms with E-state index < -0.39 is 0 Å². The first-order valence-electron chi connectivity index (χ1n) is 10.0. The highest BCUT2D eigenvalue weighted by molar-refractivity contribution is 7.20. The highest BCUT2D eigenvalue weighted by Gasteiger charge is 2.33. The Morgan fingerprint density at radius 3 is 2.77 bits per heavy atom. The molecule has 0 aliphatic carbocycles. The lowest BCUT2D eigenvalue weighted by atomic mass is 9.85. The fourth-order valence-electron chi connectivity index (χ4n) is 4.01. The second-order valence-corrected chi connectivity index (χ2v) is 8.54. The van der Waals surface area contributed by atoms with Crippen molar-refractivity contribution in [3.63, 3.8) is 0 Å². The quantitative estimate of drug-likeness (QED) is 0.508. The predicted molar refractivity (Wildman–Crippen MR) is 119 cm³/mol. The number of anilines is 1. The van der Waals surface area contributed by atoms with Gasteiger partial charge in [0.2, 0.25) is 11.0 Å². The first kappa shape index (κ1) is 18.8. The number of hydrogen-bond donors (Lipinski definition) is 1. The van der Waals surface area contributed by atoms with Gasteiger partial charge < -0.3 is 10.1 Å². The Balaban J connectivity index is 1.61. The SMILES string of the molecule is CCOc1ccc2nc(-n3nc(C)c4c3NC(=O)CC4c3ccc(C)cc3)sc2c1. The van der Waals surface area contributed by atoms with Gasteiger partial charge in [0.15, 0.2) is 0 Å². The highest BCUT2D eigenvalue weighted by atomic mass is 32.1. The number of aromatic nitrogens is 3. The molecule has 2 aromatic heterocycles. The van der Waals surface area contributed by atoms with E-state index in [4.69, 9.17) is 14.8 Å². The molecule has 2 aromatic carbocycles. The number of thiazole rings is 1. The third kappa shape index (κ3) is 3.15. The number of carbonyl (C=O) groups excluding carboxylic acids is 1. The molecule has 1 unspecified atom stereocenters. The summed E-state index contributed by atoms with van der Waals surface area (Å²) in [4.78, 5) is 17.3. The van der Waals surface area contributed by atoms with Crippen LogP contribution in [0, 0.1) is 13.8 Å². The summed E-state index contributed by atoms with van der Waals surface area (Å²) in [7, 11) is 0. The summed E-state index contributed by atoms with van der Waals surface area (Å²) in [5, 5.41) is 8.53. The molecule has 1 aliphatic rings. The Morgan fingerprint density at radius 2 is 2.00 bits per heavy atom. The van der Waals surface area contributed by atoms with E-state index in [1.807, 2.05) is 32.0 Å². The van der Waals surface area contributed by atoms with Crippen molar-refractivity contribution < 1.29 is 9.53 Å². The third-order valence-corrected chi connectivity index (χ3v) is 6.42. The summed E-state index contributed by atoms with van der Waals surface area (Å²) in [6.45, 7) is 6.65. The molecule has 152 valence electrons. The molecular formula is C23H22N4O2S. The van der Waals surface area contributed by atoms with Gasteiger partial charge in [-0.05, 0) is 44.5 Å². The van der Waals surface area contributed by atoms with Crippen molar-refractivity contribution in [2.75, 3.05) is 11.9 Å². The van der Waals surface area contributed by atoms with E-state index >= 15 is 0 Å². The zero-order chi connectivity index (χ0) is 20.8. The lowest BCUT2D eigenvalue weighted by Crippen LogP contribution is -2.24. The van der Waals surface area contributed by atoms with E-state index in [0.29, 0.717) is 13.0 Å². The van der Waals surface area contributed by atoms with Crippen LogP contribution in [0.2, 0.25) is 0 Å². The van der Waals surface area contributed by atoms with Crippen LogP contribution in [0.3, 0.4) is 0 Å². The van der Waals surface area contributed by atoms with Gasteiger partial charge >= 0.3 is 0 Å². The number of nitrogens with zero attached hydrogens (tertiary/aromatic N) is 3. The normalized spacial score (nSPS) is 15.8. The number of fused-ring (bicyclic) bond motifs is 2. The molecule has 3 heterocycles. The van der Waals surface area contributed by atoms with Crippen LogP contribution in [0.1, 0.15) is 41.6 Å². The van der Waals surface area contributed by atoms with Crippen LogP contribution in [0.15, 0.2) is 42.5 Å². The smallest absolute Gasteiger partial charge is 0.226 e. The molecule has 5 rings (SSSR count).